The van der Waals surface area contributed by atoms with E-state index >= 15 is 0 Å². The smallest absolute Gasteiger partial charge is 0.332 e. The van der Waals surface area contributed by atoms with Gasteiger partial charge in [-0.15, -0.1) is 0 Å². The average Bonchev–Trinajstić information content (AvgIpc) is 0.760. The molecule has 32 N–H and O–H groups in total. The maximum Gasteiger partial charge on any atom is 0.332 e. The van der Waals surface area contributed by atoms with E-state index in [1.165, 1.54) is 13.8 Å². The molecule has 57 heteroatoms. The number of amides is 4. The van der Waals surface area contributed by atoms with Crippen LogP contribution in [0.2, 0.25) is 0 Å². The summed E-state index contributed by atoms with van der Waals surface area (Å²) in [6.07, 6.45) is -94.2. The normalized spacial score (nSPS) is 47.7. The molecule has 0 bridgehead atoms. The average molecular weight is 1900 g/mol. The Labute approximate surface area is 736 Å². The highest BCUT2D eigenvalue weighted by atomic mass is 16.9. The van der Waals surface area contributed by atoms with Crippen molar-refractivity contribution in [1.82, 2.24) is 21.3 Å². The topological polar surface area (TPSA) is 885 Å². The third-order valence-electron chi connectivity index (χ3n) is 24.1. The van der Waals surface area contributed by atoms with Gasteiger partial charge in [0.2, 0.25) is 29.4 Å². The van der Waals surface area contributed by atoms with Crippen LogP contribution in [0, 0.1) is 5.92 Å². The van der Waals surface area contributed by atoms with Gasteiger partial charge < -0.3 is 259 Å². The van der Waals surface area contributed by atoms with Crippen LogP contribution in [0.15, 0.2) is 0 Å². The molecule has 22 unspecified atom stereocenters. The van der Waals surface area contributed by atoms with Crippen molar-refractivity contribution in [2.45, 2.75) is 354 Å². The summed E-state index contributed by atoms with van der Waals surface area (Å²) < 4.78 is 119. The monoisotopic (exact) mass is 1900 g/mol. The van der Waals surface area contributed by atoms with Crippen LogP contribution >= 0.6 is 0 Å². The highest BCUT2D eigenvalue weighted by Crippen LogP contribution is 2.43. The van der Waals surface area contributed by atoms with E-state index in [9.17, 15) is 167 Å². The molecule has 4 amide bonds. The van der Waals surface area contributed by atoms with Crippen molar-refractivity contribution in [2.24, 2.45) is 5.92 Å². The lowest BCUT2D eigenvalue weighted by Gasteiger charge is -2.51. The second-order valence-corrected chi connectivity index (χ2v) is 33.2. The van der Waals surface area contributed by atoms with Crippen LogP contribution in [-0.2, 0) is 119 Å². The first-order chi connectivity index (χ1) is 61.3. The second-order valence-electron chi connectivity index (χ2n) is 33.2. The molecule has 752 valence electrons. The number of nitrogens with one attached hydrogen (secondary N) is 4. The summed E-state index contributed by atoms with van der Waals surface area (Å²) in [6, 6.07) is -7.22. The molecule has 10 aliphatic rings. The van der Waals surface area contributed by atoms with Crippen LogP contribution in [0.25, 0.3) is 0 Å². The van der Waals surface area contributed by atoms with Crippen LogP contribution in [0.1, 0.15) is 48.0 Å². The number of hydrogen-bond donors (Lipinski definition) is 32. The molecule has 10 saturated heterocycles. The van der Waals surface area contributed by atoms with Gasteiger partial charge in [-0.05, 0) is 6.92 Å². The molecule has 50 atom stereocenters. The summed E-state index contributed by atoms with van der Waals surface area (Å²) >= 11 is 0. The van der Waals surface area contributed by atoms with Crippen molar-refractivity contribution in [3.63, 3.8) is 0 Å². The molecule has 0 saturated carbocycles. The third-order valence-corrected chi connectivity index (χ3v) is 24.1. The van der Waals surface area contributed by atoms with Crippen molar-refractivity contribution in [3.05, 3.63) is 0 Å². The zero-order valence-corrected chi connectivity index (χ0v) is 70.4. The van der Waals surface area contributed by atoms with Crippen molar-refractivity contribution in [2.75, 3.05) is 66.1 Å². The van der Waals surface area contributed by atoms with Gasteiger partial charge in [-0.3, -0.25) is 24.0 Å². The number of rotatable bonds is 36. The van der Waals surface area contributed by atoms with E-state index in [4.69, 9.17) is 94.7 Å². The van der Waals surface area contributed by atoms with Crippen LogP contribution in [-0.4, -0.2) is 545 Å². The Morgan fingerprint density at radius 3 is 1.17 bits per heavy atom. The quantitative estimate of drug-likeness (QED) is 0.0205. The number of carbonyl (C=O) groups is 5. The van der Waals surface area contributed by atoms with Gasteiger partial charge in [0.25, 0.3) is 6.47 Å². The van der Waals surface area contributed by atoms with Gasteiger partial charge in [-0.25, -0.2) is 0 Å². The van der Waals surface area contributed by atoms with E-state index in [1.54, 1.807) is 0 Å². The molecule has 10 fully saturated rings. The van der Waals surface area contributed by atoms with Gasteiger partial charge in [0.05, 0.1) is 96.8 Å². The summed E-state index contributed by atoms with van der Waals surface area (Å²) in [4.78, 5) is 63.5. The SMILES string of the molecule is CC(=O)NC1C(O)[C@H](O[C@@H]2OC(CO[C@]3(OC=O)C[C@@H](O)[C@@H](C)C(C(O)C(O)CO)O3)[C@H](O)[C@H](O)C2O)[C@H](CO)O[C@H]1OC1[C@@H](OCC2O[C@@H](O[C@@H]3C(CO)O[C@@H](O[C@@H]4C(CO)O[C@@H](C)C(NC(C)=O)[C@H]4O)C(NC(C)=O)[C@H]3O)C(O)[C@@H](O[C@H]3OC(CO)[C@@H](O)C(O)C3O[C@@H]3OC(CO)[C@@H](O[C@@H]4OC(CO)C(O)(O)[C@H](O)C4O)[C@H](O)C3NC(C)=O)[C@@H]2O)OC(CO)[C@@H](O)[C@@H]1O. The lowest BCUT2D eigenvalue weighted by atomic mass is 9.87. The van der Waals surface area contributed by atoms with Crippen LogP contribution in [0.3, 0.4) is 0 Å². The lowest BCUT2D eigenvalue weighted by Crippen LogP contribution is -2.71. The Hall–Kier alpha value is -4.53. The molecule has 0 aromatic rings. The molecule has 10 rings (SSSR count). The van der Waals surface area contributed by atoms with Crippen molar-refractivity contribution < 1.29 is 262 Å². The summed E-state index contributed by atoms with van der Waals surface area (Å²) in [7, 11) is 0. The lowest BCUT2D eigenvalue weighted by molar-refractivity contribution is -0.424. The Kier molecular flexibility index (Phi) is 38.3. The Morgan fingerprint density at radius 2 is 0.738 bits per heavy atom. The maximum atomic E-state index is 13.2. The van der Waals surface area contributed by atoms with E-state index in [1.807, 2.05) is 0 Å². The number of aliphatic hydroxyl groups is 28. The summed E-state index contributed by atoms with van der Waals surface area (Å²) in [6.45, 7) is -4.97. The van der Waals surface area contributed by atoms with E-state index in [2.05, 4.69) is 21.3 Å². The maximum absolute atomic E-state index is 13.2. The minimum absolute atomic E-state index is 0.195. The van der Waals surface area contributed by atoms with Gasteiger partial charge in [0, 0.05) is 33.6 Å². The molecule has 0 radical (unpaired) electrons. The van der Waals surface area contributed by atoms with Crippen molar-refractivity contribution >= 4 is 30.1 Å². The Morgan fingerprint density at radius 1 is 0.377 bits per heavy atom. The van der Waals surface area contributed by atoms with Crippen molar-refractivity contribution in [1.29, 1.82) is 0 Å². The molecule has 0 aliphatic carbocycles. The predicted molar refractivity (Wildman–Crippen MR) is 401 cm³/mol. The van der Waals surface area contributed by atoms with Gasteiger partial charge >= 0.3 is 5.97 Å². The molecule has 57 nitrogen and oxygen atoms in total. The highest BCUT2D eigenvalue weighted by Gasteiger charge is 2.63. The molecule has 10 heterocycles. The highest BCUT2D eigenvalue weighted by molar-refractivity contribution is 5.74. The second kappa shape index (κ2) is 46.3. The molecule has 0 spiro atoms. The van der Waals surface area contributed by atoms with Gasteiger partial charge in [-0.2, -0.15) is 0 Å². The van der Waals surface area contributed by atoms with E-state index in [0.717, 1.165) is 27.7 Å². The number of aliphatic hydroxyl groups excluding tert-OH is 26. The van der Waals surface area contributed by atoms with E-state index in [0.29, 0.717) is 0 Å². The number of carbonyl (C=O) groups excluding carboxylic acids is 5. The van der Waals surface area contributed by atoms with Crippen LogP contribution < -0.4 is 21.3 Å². The zero-order valence-electron chi connectivity index (χ0n) is 70.4. The number of ether oxygens (including phenoxy) is 20. The van der Waals surface area contributed by atoms with E-state index in [-0.39, 0.29) is 6.47 Å². The summed E-state index contributed by atoms with van der Waals surface area (Å²) in [5.41, 5.74) is 0. The fourth-order valence-corrected chi connectivity index (χ4v) is 17.0. The Balaban J connectivity index is 0.956. The minimum Gasteiger partial charge on any atom is -0.410 e. The zero-order chi connectivity index (χ0) is 96.1. The first-order valence-corrected chi connectivity index (χ1v) is 41.5. The standard InChI is InChI=1S/C73H122N4O53/c1-19-25(91)7-72(113-18-86,130-55(19)40(93)26(92)8-78)112-17-34-43(96)49(102)52(105)67(121-34)124-57-30(12-82)118-65(38(47(57)100)76-23(5)89)128-61-50(103)41(94)27(9-79)115-70(61)111-16-33-44(97)60(53(106)68(120-33)125-58-31(13-83)117-64(37(46(58)99)75-22(4)88)123-56-29(11-81)114-20(2)36(45(56)98)74-21(3)87)127-71-62(51(104)42(95)28(10-80)116-71)129-66-39(77-24(6)90)48(101)59(32(14-84)119-66)126-69-54(107)63(108)73(109,110)35(15-85)122-69/h18-20,25-71,78-85,91-110H,7-17H2,1-6H3,(H,74,87)(H,75,88)(H,76,89)(H,77,90)/t19-,20+,25-,26?,27?,28?,29?,30+,31?,32?,33?,34?,35?,36?,37?,38?,39?,40?,41-,42-,43+,44-,45-,46-,47?,48-,49+,50+,51?,52?,53?,54?,55?,56-,57-,58-,59-,60+,61?,62?,63-,64+,65+,66+,67+,68+,69+,70+,71-,72+/m1/s1. The number of hydrogen-bond acceptors (Lipinski definition) is 53. The van der Waals surface area contributed by atoms with Crippen LogP contribution in [0.5, 0.6) is 0 Å². The van der Waals surface area contributed by atoms with Gasteiger partial charge in [0.15, 0.2) is 50.3 Å². The Bertz CT molecular complexity index is 3570. The molecule has 0 aromatic carbocycles. The molecule has 10 aliphatic heterocycles. The van der Waals surface area contributed by atoms with Gasteiger partial charge in [-0.1, -0.05) is 6.92 Å². The molecular weight excluding hydrogens is 1780 g/mol. The largest absolute Gasteiger partial charge is 0.410 e. The fourth-order valence-electron chi connectivity index (χ4n) is 17.0. The van der Waals surface area contributed by atoms with E-state index < -0.39 is 408 Å². The minimum atomic E-state index is -3.31. The summed E-state index contributed by atoms with van der Waals surface area (Å²) in [5.74, 6) is -10.6. The first-order valence-electron chi connectivity index (χ1n) is 41.5. The molecule has 130 heavy (non-hydrogen) atoms. The van der Waals surface area contributed by atoms with Gasteiger partial charge in [0.1, 0.15) is 220 Å². The molecule has 0 aromatic heterocycles. The van der Waals surface area contributed by atoms with Crippen molar-refractivity contribution in [3.8, 4) is 0 Å². The van der Waals surface area contributed by atoms with Crippen LogP contribution in [0.4, 0.5) is 0 Å². The third kappa shape index (κ3) is 23.5. The predicted octanol–water partition coefficient (Wildman–Crippen LogP) is -21.3. The summed E-state index contributed by atoms with van der Waals surface area (Å²) in [5, 5.41) is 323. The first kappa shape index (κ1) is 108. The molecular formula is C73H122N4O53. The fraction of sp³-hybridized carbons (Fsp3) is 0.932.